The second kappa shape index (κ2) is 20.2. The highest BCUT2D eigenvalue weighted by Crippen LogP contribution is 2.40. The molecule has 0 saturated carbocycles. The van der Waals surface area contributed by atoms with Crippen molar-refractivity contribution in [1.29, 1.82) is 0 Å². The lowest BCUT2D eigenvalue weighted by Gasteiger charge is -2.25. The molecule has 66 heavy (non-hydrogen) atoms. The van der Waals surface area contributed by atoms with E-state index in [0.29, 0.717) is 33.8 Å². The van der Waals surface area contributed by atoms with E-state index in [-0.39, 0.29) is 36.6 Å². The number of halogens is 6. The molecular formula is C43H39Cl2F4N11O6. The van der Waals surface area contributed by atoms with Crippen molar-refractivity contribution < 1.29 is 46.2 Å². The normalized spacial score (nSPS) is 19.6. The van der Waals surface area contributed by atoms with Gasteiger partial charge in [0.1, 0.15) is 60.7 Å². The van der Waals surface area contributed by atoms with Crippen LogP contribution >= 0.6 is 23.2 Å². The largest absolute Gasteiger partial charge is 0.460 e. The van der Waals surface area contributed by atoms with Crippen LogP contribution in [0, 0.1) is 23.3 Å². The number of amides is 2. The molecule has 2 amide bonds. The average molecular weight is 953 g/mol. The van der Waals surface area contributed by atoms with Crippen LogP contribution in [-0.2, 0) is 33.8 Å². The van der Waals surface area contributed by atoms with Crippen molar-refractivity contribution in [3.05, 3.63) is 141 Å². The highest BCUT2D eigenvalue weighted by atomic mass is 35.5. The summed E-state index contributed by atoms with van der Waals surface area (Å²) in [7, 11) is 0. The van der Waals surface area contributed by atoms with E-state index in [4.69, 9.17) is 37.4 Å². The maximum absolute atomic E-state index is 14.1. The molecule has 4 atom stereocenters. The van der Waals surface area contributed by atoms with Crippen molar-refractivity contribution in [2.24, 2.45) is 0 Å². The van der Waals surface area contributed by atoms with Gasteiger partial charge in [-0.1, -0.05) is 29.6 Å². The second-order valence-corrected chi connectivity index (χ2v) is 16.2. The number of aromatic nitrogens is 8. The Morgan fingerprint density at radius 2 is 1.12 bits per heavy atom. The molecule has 0 N–H and O–H groups in total. The Kier molecular flexibility index (Phi) is 14.0. The van der Waals surface area contributed by atoms with Crippen LogP contribution in [0.25, 0.3) is 0 Å². The number of carbonyl (C=O) groups excluding carboxylic acids is 3. The minimum Gasteiger partial charge on any atom is -0.460 e. The van der Waals surface area contributed by atoms with Crippen molar-refractivity contribution >= 4 is 52.7 Å². The molecule has 17 nitrogen and oxygen atoms in total. The van der Waals surface area contributed by atoms with E-state index in [0.717, 1.165) is 55.0 Å². The Morgan fingerprint density at radius 3 is 1.59 bits per heavy atom. The summed E-state index contributed by atoms with van der Waals surface area (Å²) in [5.74, 6) is -3.55. The molecule has 0 radical (unpaired) electrons. The Bertz CT molecular complexity index is 2650. The van der Waals surface area contributed by atoms with Gasteiger partial charge in [-0.15, -0.1) is 20.4 Å². The van der Waals surface area contributed by atoms with Crippen molar-refractivity contribution in [2.45, 2.75) is 70.1 Å². The quantitative estimate of drug-likeness (QED) is 0.0658. The van der Waals surface area contributed by atoms with E-state index in [1.54, 1.807) is 55.5 Å². The lowest BCUT2D eigenvalue weighted by Crippen LogP contribution is -2.31. The van der Waals surface area contributed by atoms with Crippen LogP contribution in [-0.4, -0.2) is 95.4 Å². The number of cyclic esters (lactones) is 2. The molecule has 0 bridgehead atoms. The van der Waals surface area contributed by atoms with Gasteiger partial charge >= 0.3 is 18.2 Å². The minimum absolute atomic E-state index is 0.0750. The van der Waals surface area contributed by atoms with Gasteiger partial charge < -0.3 is 14.2 Å². The average Bonchev–Trinajstić information content (AvgIpc) is 4.07. The highest BCUT2D eigenvalue weighted by molar-refractivity contribution is 6.31. The van der Waals surface area contributed by atoms with Gasteiger partial charge in [-0.25, -0.2) is 31.9 Å². The third-order valence-corrected chi connectivity index (χ3v) is 11.2. The standard InChI is InChI=1S/C23H23ClF2N6O2.C20H16ClF2N5O4/c24-16-4-6-19(7-5-16)32-22(15-10-17(25)12-18(26)11-15)20(34-23(32)33)13-31-28-21(27-29-31)14-30-8-2-1-3-9-30;1-2-31-19(29)18-24-26-27(25-18)10-16-17(11-7-13(22)9-14(23)8-11)28(20(30)32-16)15-5-3-12(21)4-6-15/h4-7,10-12,20,22H,1-3,8-9,13-14H2;3-9,16-17H,2,10H2,1H3/t20-,22-;16-,17-/m00/s1. The summed E-state index contributed by atoms with van der Waals surface area (Å²) in [5, 5.41) is 25.0. The number of esters is 1. The first-order valence-corrected chi connectivity index (χ1v) is 21.4. The fourth-order valence-electron chi connectivity index (χ4n) is 7.94. The fourth-order valence-corrected chi connectivity index (χ4v) is 8.20. The number of rotatable bonds is 12. The number of benzene rings is 4. The molecule has 4 aromatic carbocycles. The van der Waals surface area contributed by atoms with Crippen LogP contribution in [0.15, 0.2) is 84.9 Å². The summed E-state index contributed by atoms with van der Waals surface area (Å²) in [6.45, 7) is 4.30. The smallest absolute Gasteiger partial charge is 0.415 e. The lowest BCUT2D eigenvalue weighted by atomic mass is 9.99. The maximum Gasteiger partial charge on any atom is 0.415 e. The Balaban J connectivity index is 0.000000180. The summed E-state index contributed by atoms with van der Waals surface area (Å²) in [4.78, 5) is 44.8. The fraction of sp³-hybridized carbons (Fsp3) is 0.326. The van der Waals surface area contributed by atoms with Crippen LogP contribution in [0.5, 0.6) is 0 Å². The van der Waals surface area contributed by atoms with Gasteiger partial charge in [-0.2, -0.15) is 9.59 Å². The molecule has 5 heterocycles. The highest BCUT2D eigenvalue weighted by Gasteiger charge is 2.46. The van der Waals surface area contributed by atoms with Gasteiger partial charge in [0.2, 0.25) is 0 Å². The molecule has 3 aliphatic heterocycles. The summed E-state index contributed by atoms with van der Waals surface area (Å²) in [6, 6.07) is 17.3. The number of tetrazole rings is 2. The summed E-state index contributed by atoms with van der Waals surface area (Å²) in [6.07, 6.45) is 0.394. The Hall–Kier alpha value is -6.71. The third-order valence-electron chi connectivity index (χ3n) is 10.7. The number of carbonyl (C=O) groups is 3. The van der Waals surface area contributed by atoms with Crippen molar-refractivity contribution in [3.63, 3.8) is 0 Å². The summed E-state index contributed by atoms with van der Waals surface area (Å²) in [5.41, 5.74) is 1.33. The van der Waals surface area contributed by atoms with Crippen LogP contribution in [0.1, 0.15) is 65.8 Å². The van der Waals surface area contributed by atoms with E-state index in [9.17, 15) is 31.9 Å². The molecule has 0 unspecified atom stereocenters. The van der Waals surface area contributed by atoms with Gasteiger partial charge in [-0.3, -0.25) is 14.7 Å². The van der Waals surface area contributed by atoms with Crippen LogP contribution in [0.2, 0.25) is 10.0 Å². The minimum atomic E-state index is -0.955. The molecule has 344 valence electrons. The van der Waals surface area contributed by atoms with E-state index in [2.05, 4.69) is 35.7 Å². The molecule has 3 aliphatic rings. The summed E-state index contributed by atoms with van der Waals surface area (Å²) >= 11 is 11.9. The monoisotopic (exact) mass is 951 g/mol. The predicted octanol–water partition coefficient (Wildman–Crippen LogP) is 7.91. The Morgan fingerprint density at radius 1 is 0.667 bits per heavy atom. The molecule has 0 spiro atoms. The zero-order valence-corrected chi connectivity index (χ0v) is 36.4. The first-order chi connectivity index (χ1) is 31.8. The third kappa shape index (κ3) is 10.7. The Labute approximate surface area is 383 Å². The SMILES string of the molecule is CCOC(=O)c1nnn(C[C@@H]2OC(=O)N(c3ccc(Cl)cc3)[C@H]2c2cc(F)cc(F)c2)n1.O=C1O[C@@H](Cn2nnc(CN3CCCCC3)n2)[C@H](c2cc(F)cc(F)c2)N1c1ccc(Cl)cc1. The van der Waals surface area contributed by atoms with Gasteiger partial charge in [0.05, 0.1) is 13.2 Å². The number of piperidine rings is 1. The number of nitrogens with zero attached hydrogens (tertiary/aromatic N) is 11. The zero-order chi connectivity index (χ0) is 46.5. The van der Waals surface area contributed by atoms with Crippen molar-refractivity contribution in [3.8, 4) is 0 Å². The van der Waals surface area contributed by atoms with E-state index >= 15 is 0 Å². The van der Waals surface area contributed by atoms with E-state index in [1.165, 1.54) is 33.1 Å². The van der Waals surface area contributed by atoms with E-state index in [1.807, 2.05) is 0 Å². The molecule has 23 heteroatoms. The maximum atomic E-state index is 14.1. The second-order valence-electron chi connectivity index (χ2n) is 15.3. The first kappa shape index (κ1) is 45.8. The molecule has 3 fully saturated rings. The predicted molar refractivity (Wildman–Crippen MR) is 227 cm³/mol. The van der Waals surface area contributed by atoms with E-state index < -0.39 is 65.7 Å². The molecule has 3 saturated heterocycles. The molecule has 2 aromatic heterocycles. The molecule has 0 aliphatic carbocycles. The first-order valence-electron chi connectivity index (χ1n) is 20.7. The molecule has 6 aromatic rings. The van der Waals surface area contributed by atoms with Crippen LogP contribution in [0.3, 0.4) is 0 Å². The van der Waals surface area contributed by atoms with Crippen molar-refractivity contribution in [2.75, 3.05) is 29.5 Å². The zero-order valence-electron chi connectivity index (χ0n) is 34.9. The molecule has 9 rings (SSSR count). The number of hydrogen-bond donors (Lipinski definition) is 0. The number of anilines is 2. The van der Waals surface area contributed by atoms with Crippen LogP contribution in [0.4, 0.5) is 38.5 Å². The van der Waals surface area contributed by atoms with Gasteiger partial charge in [0.25, 0.3) is 5.82 Å². The molecular weight excluding hydrogens is 913 g/mol. The lowest BCUT2D eigenvalue weighted by molar-refractivity contribution is 0.0510. The van der Waals surface area contributed by atoms with Gasteiger partial charge in [0.15, 0.2) is 5.82 Å². The summed E-state index contributed by atoms with van der Waals surface area (Å²) < 4.78 is 72.1. The van der Waals surface area contributed by atoms with Gasteiger partial charge in [-0.05, 0) is 127 Å². The van der Waals surface area contributed by atoms with Gasteiger partial charge in [0, 0.05) is 33.6 Å². The topological polar surface area (TPSA) is 176 Å². The van der Waals surface area contributed by atoms with Crippen LogP contribution < -0.4 is 9.80 Å². The number of hydrogen-bond acceptors (Lipinski definition) is 13. The number of likely N-dealkylation sites (tertiary alicyclic amines) is 1. The van der Waals surface area contributed by atoms with Crippen molar-refractivity contribution in [1.82, 2.24) is 45.3 Å². The number of ether oxygens (including phenoxy) is 3.